The molecular weight excluding hydrogens is 342 g/mol. The Bertz CT molecular complexity index is 1080. The van der Waals surface area contributed by atoms with Crippen molar-refractivity contribution in [1.29, 1.82) is 0 Å². The summed E-state index contributed by atoms with van der Waals surface area (Å²) < 4.78 is 1.58. The van der Waals surface area contributed by atoms with Crippen molar-refractivity contribution >= 4 is 11.7 Å². The smallest absolute Gasteiger partial charge is 0.268 e. The number of rotatable bonds is 4. The van der Waals surface area contributed by atoms with E-state index >= 15 is 0 Å². The van der Waals surface area contributed by atoms with Gasteiger partial charge < -0.3 is 5.32 Å². The minimum absolute atomic E-state index is 0.124. The van der Waals surface area contributed by atoms with Crippen LogP contribution in [0, 0.1) is 6.92 Å². The second-order valence-corrected chi connectivity index (χ2v) is 6.69. The van der Waals surface area contributed by atoms with E-state index in [1.807, 2.05) is 19.1 Å². The lowest BCUT2D eigenvalue weighted by Gasteiger charge is -2.14. The number of fused-ring (bicyclic) bond motifs is 1. The number of hydrogen-bond acceptors (Lipinski definition) is 4. The standard InChI is InChI=1S/C20H21N5O2/c1-3-25-21-12-17(23-25)22-19(26)18-13(2)10-11-24(20(18)27)16-9-5-7-14-6-4-8-15(14)16/h5,7,9-12H,3-4,6,8H2,1-2H3,(H,22,23,26). The minimum atomic E-state index is -0.470. The first-order chi connectivity index (χ1) is 13.1. The number of nitrogens with one attached hydrogen (secondary N) is 1. The molecule has 2 aromatic heterocycles. The van der Waals surface area contributed by atoms with Gasteiger partial charge in [-0.15, -0.1) is 5.10 Å². The van der Waals surface area contributed by atoms with E-state index in [2.05, 4.69) is 21.6 Å². The first-order valence-electron chi connectivity index (χ1n) is 9.13. The van der Waals surface area contributed by atoms with E-state index in [-0.39, 0.29) is 11.1 Å². The number of anilines is 1. The summed E-state index contributed by atoms with van der Waals surface area (Å²) in [5, 5.41) is 10.9. The lowest BCUT2D eigenvalue weighted by molar-refractivity contribution is 0.102. The van der Waals surface area contributed by atoms with Crippen LogP contribution in [0.4, 0.5) is 5.82 Å². The number of carbonyl (C=O) groups is 1. The number of carbonyl (C=O) groups excluding carboxylic acids is 1. The van der Waals surface area contributed by atoms with Crippen LogP contribution in [-0.2, 0) is 19.4 Å². The fraction of sp³-hybridized carbons (Fsp3) is 0.300. The molecule has 0 spiro atoms. The van der Waals surface area contributed by atoms with E-state index in [9.17, 15) is 9.59 Å². The third kappa shape index (κ3) is 3.05. The molecule has 138 valence electrons. The molecule has 7 heteroatoms. The Hall–Kier alpha value is -3.22. The molecule has 0 saturated heterocycles. The van der Waals surface area contributed by atoms with Crippen LogP contribution in [0.2, 0.25) is 0 Å². The van der Waals surface area contributed by atoms with Gasteiger partial charge in [-0.05, 0) is 61.9 Å². The van der Waals surface area contributed by atoms with Gasteiger partial charge in [0.05, 0.1) is 18.4 Å². The number of pyridine rings is 1. The second-order valence-electron chi connectivity index (χ2n) is 6.69. The zero-order valence-electron chi connectivity index (χ0n) is 15.4. The molecule has 0 radical (unpaired) electrons. The molecule has 0 aliphatic heterocycles. The van der Waals surface area contributed by atoms with Crippen LogP contribution in [0.15, 0.2) is 41.5 Å². The predicted molar refractivity (Wildman–Crippen MR) is 102 cm³/mol. The van der Waals surface area contributed by atoms with E-state index in [0.717, 1.165) is 24.9 Å². The van der Waals surface area contributed by atoms with Gasteiger partial charge in [-0.1, -0.05) is 12.1 Å². The lowest BCUT2D eigenvalue weighted by atomic mass is 10.1. The summed E-state index contributed by atoms with van der Waals surface area (Å²) in [6, 6.07) is 7.81. The van der Waals surface area contributed by atoms with Gasteiger partial charge in [-0.2, -0.15) is 9.90 Å². The quantitative estimate of drug-likeness (QED) is 0.772. The largest absolute Gasteiger partial charge is 0.304 e. The van der Waals surface area contributed by atoms with Crippen molar-refractivity contribution in [2.75, 3.05) is 5.32 Å². The normalized spacial score (nSPS) is 12.8. The van der Waals surface area contributed by atoms with Crippen molar-refractivity contribution in [3.05, 3.63) is 69.3 Å². The predicted octanol–water partition coefficient (Wildman–Crippen LogP) is 2.50. The van der Waals surface area contributed by atoms with Gasteiger partial charge in [-0.25, -0.2) is 0 Å². The number of aromatic nitrogens is 4. The first-order valence-corrected chi connectivity index (χ1v) is 9.13. The van der Waals surface area contributed by atoms with E-state index in [0.29, 0.717) is 17.9 Å². The maximum Gasteiger partial charge on any atom is 0.268 e. The maximum atomic E-state index is 13.1. The van der Waals surface area contributed by atoms with E-state index < -0.39 is 5.91 Å². The Morgan fingerprint density at radius 3 is 2.89 bits per heavy atom. The van der Waals surface area contributed by atoms with Crippen LogP contribution in [-0.4, -0.2) is 25.5 Å². The summed E-state index contributed by atoms with van der Waals surface area (Å²) in [6.07, 6.45) is 6.29. The fourth-order valence-electron chi connectivity index (χ4n) is 3.60. The van der Waals surface area contributed by atoms with Gasteiger partial charge in [0, 0.05) is 6.20 Å². The molecule has 1 aromatic carbocycles. The Kier molecular flexibility index (Phi) is 4.35. The molecule has 1 aliphatic carbocycles. The van der Waals surface area contributed by atoms with E-state index in [4.69, 9.17) is 0 Å². The van der Waals surface area contributed by atoms with E-state index in [1.165, 1.54) is 22.1 Å². The Balaban J connectivity index is 1.74. The number of amides is 1. The average molecular weight is 363 g/mol. The molecule has 1 aliphatic rings. The van der Waals surface area contributed by atoms with Gasteiger partial charge in [0.2, 0.25) is 0 Å². The van der Waals surface area contributed by atoms with Gasteiger partial charge >= 0.3 is 0 Å². The minimum Gasteiger partial charge on any atom is -0.304 e. The summed E-state index contributed by atoms with van der Waals surface area (Å²) in [5.74, 6) is -0.140. The zero-order valence-corrected chi connectivity index (χ0v) is 15.4. The van der Waals surface area contributed by atoms with Crippen molar-refractivity contribution in [3.8, 4) is 5.69 Å². The van der Waals surface area contributed by atoms with Gasteiger partial charge in [0.15, 0.2) is 5.82 Å². The van der Waals surface area contributed by atoms with Crippen LogP contribution >= 0.6 is 0 Å². The van der Waals surface area contributed by atoms with Crippen molar-refractivity contribution in [2.24, 2.45) is 0 Å². The van der Waals surface area contributed by atoms with Crippen molar-refractivity contribution in [2.45, 2.75) is 39.7 Å². The highest BCUT2D eigenvalue weighted by molar-refractivity contribution is 6.04. The molecule has 0 saturated carbocycles. The van der Waals surface area contributed by atoms with Crippen LogP contribution in [0.1, 0.15) is 40.4 Å². The molecule has 4 rings (SSSR count). The Morgan fingerprint density at radius 1 is 1.26 bits per heavy atom. The topological polar surface area (TPSA) is 81.8 Å². The van der Waals surface area contributed by atoms with Crippen LogP contribution < -0.4 is 10.9 Å². The summed E-state index contributed by atoms with van der Waals surface area (Å²) in [7, 11) is 0. The van der Waals surface area contributed by atoms with Gasteiger partial charge in [0.25, 0.3) is 11.5 Å². The molecule has 0 atom stereocenters. The van der Waals surface area contributed by atoms with Crippen molar-refractivity contribution in [1.82, 2.24) is 19.6 Å². The second kappa shape index (κ2) is 6.83. The van der Waals surface area contributed by atoms with Gasteiger partial charge in [-0.3, -0.25) is 14.2 Å². The number of nitrogens with zero attached hydrogens (tertiary/aromatic N) is 4. The molecule has 0 fully saturated rings. The molecule has 1 amide bonds. The molecular formula is C20H21N5O2. The fourth-order valence-corrected chi connectivity index (χ4v) is 3.60. The Labute approximate surface area is 156 Å². The lowest BCUT2D eigenvalue weighted by Crippen LogP contribution is -2.30. The average Bonchev–Trinajstić information content (AvgIpc) is 3.30. The molecule has 3 aromatic rings. The van der Waals surface area contributed by atoms with Crippen molar-refractivity contribution < 1.29 is 4.79 Å². The maximum absolute atomic E-state index is 13.1. The Morgan fingerprint density at radius 2 is 2.11 bits per heavy atom. The monoisotopic (exact) mass is 363 g/mol. The third-order valence-corrected chi connectivity index (χ3v) is 4.97. The molecule has 1 N–H and O–H groups in total. The van der Waals surface area contributed by atoms with Crippen molar-refractivity contribution in [3.63, 3.8) is 0 Å². The summed E-state index contributed by atoms with van der Waals surface area (Å²) in [4.78, 5) is 27.4. The highest BCUT2D eigenvalue weighted by Gasteiger charge is 2.21. The number of hydrogen-bond donors (Lipinski definition) is 1. The molecule has 2 heterocycles. The SMILES string of the molecule is CCn1ncc(NC(=O)c2c(C)ccn(-c3cccc4c3CCC4)c2=O)n1. The summed E-state index contributed by atoms with van der Waals surface area (Å²) in [6.45, 7) is 4.27. The molecule has 0 unspecified atom stereocenters. The molecule has 0 bridgehead atoms. The van der Waals surface area contributed by atoms with Crippen LogP contribution in [0.25, 0.3) is 5.69 Å². The highest BCUT2D eigenvalue weighted by Crippen LogP contribution is 2.27. The first kappa shape index (κ1) is 17.2. The van der Waals surface area contributed by atoms with Crippen LogP contribution in [0.3, 0.4) is 0 Å². The highest BCUT2D eigenvalue weighted by atomic mass is 16.2. The van der Waals surface area contributed by atoms with Gasteiger partial charge in [0.1, 0.15) is 5.56 Å². The van der Waals surface area contributed by atoms with E-state index in [1.54, 1.807) is 23.8 Å². The molecule has 7 nitrogen and oxygen atoms in total. The molecule has 27 heavy (non-hydrogen) atoms. The summed E-state index contributed by atoms with van der Waals surface area (Å²) in [5.41, 5.74) is 3.77. The third-order valence-electron chi connectivity index (χ3n) is 4.97. The number of benzene rings is 1. The zero-order chi connectivity index (χ0) is 19.0. The summed E-state index contributed by atoms with van der Waals surface area (Å²) >= 11 is 0. The number of aryl methyl sites for hydroxylation is 3. The van der Waals surface area contributed by atoms with Crippen LogP contribution in [0.5, 0.6) is 0 Å².